The molecule has 1 heterocycles. The highest BCUT2D eigenvalue weighted by atomic mass is 16.5. The fraction of sp³-hybridized carbons (Fsp3) is 0.278. The van der Waals surface area contributed by atoms with Gasteiger partial charge in [-0.15, -0.1) is 0 Å². The lowest BCUT2D eigenvalue weighted by Gasteiger charge is -2.07. The second kappa shape index (κ2) is 8.14. The zero-order valence-corrected chi connectivity index (χ0v) is 14.3. The molecule has 7 nitrogen and oxygen atoms in total. The lowest BCUT2D eigenvalue weighted by molar-refractivity contribution is -0.119. The first-order chi connectivity index (χ1) is 11.9. The molecule has 0 saturated carbocycles. The molecule has 0 bridgehead atoms. The number of esters is 2. The van der Waals surface area contributed by atoms with Crippen LogP contribution in [0.1, 0.15) is 39.2 Å². The monoisotopic (exact) mass is 345 g/mol. The average Bonchev–Trinajstić information content (AvgIpc) is 2.92. The summed E-state index contributed by atoms with van der Waals surface area (Å²) >= 11 is 0. The van der Waals surface area contributed by atoms with Gasteiger partial charge in [0.15, 0.2) is 6.61 Å². The highest BCUT2D eigenvalue weighted by Crippen LogP contribution is 2.15. The van der Waals surface area contributed by atoms with Crippen LogP contribution in [0.4, 0.5) is 5.69 Å². The Bertz CT molecular complexity index is 775. The van der Waals surface area contributed by atoms with Crippen LogP contribution in [-0.4, -0.2) is 31.1 Å². The normalized spacial score (nSPS) is 10.2. The molecule has 0 atom stereocenters. The Hall–Kier alpha value is -3.09. The minimum Gasteiger partial charge on any atom is -0.466 e. The molecule has 132 valence electrons. The van der Waals surface area contributed by atoms with E-state index in [1.165, 1.54) is 12.1 Å². The van der Waals surface area contributed by atoms with Crippen LogP contribution in [0.3, 0.4) is 0 Å². The van der Waals surface area contributed by atoms with Crippen molar-refractivity contribution >= 4 is 23.5 Å². The number of hydrogen-bond donors (Lipinski definition) is 1. The summed E-state index contributed by atoms with van der Waals surface area (Å²) in [6.07, 6.45) is 0. The number of furan rings is 1. The summed E-state index contributed by atoms with van der Waals surface area (Å²) in [7, 11) is 0. The minimum absolute atomic E-state index is 0.290. The van der Waals surface area contributed by atoms with Crippen molar-refractivity contribution in [2.45, 2.75) is 20.8 Å². The summed E-state index contributed by atoms with van der Waals surface area (Å²) in [5.74, 6) is -0.509. The van der Waals surface area contributed by atoms with Crippen LogP contribution in [-0.2, 0) is 14.3 Å². The predicted octanol–water partition coefficient (Wildman–Crippen LogP) is 2.87. The Morgan fingerprint density at radius 2 is 1.72 bits per heavy atom. The number of hydrogen-bond acceptors (Lipinski definition) is 6. The Kier molecular flexibility index (Phi) is 5.94. The van der Waals surface area contributed by atoms with E-state index >= 15 is 0 Å². The van der Waals surface area contributed by atoms with Gasteiger partial charge in [-0.2, -0.15) is 0 Å². The Labute approximate surface area is 144 Å². The molecule has 0 aliphatic heterocycles. The molecule has 0 fully saturated rings. The van der Waals surface area contributed by atoms with Gasteiger partial charge in [-0.3, -0.25) is 4.79 Å². The molecule has 25 heavy (non-hydrogen) atoms. The molecule has 0 radical (unpaired) electrons. The maximum absolute atomic E-state index is 11.9. The zero-order valence-electron chi connectivity index (χ0n) is 14.3. The van der Waals surface area contributed by atoms with Crippen molar-refractivity contribution in [3.63, 3.8) is 0 Å². The molecular formula is C18H19NO6. The summed E-state index contributed by atoms with van der Waals surface area (Å²) in [6, 6.07) is 7.77. The third-order valence-corrected chi connectivity index (χ3v) is 3.28. The van der Waals surface area contributed by atoms with Gasteiger partial charge in [0.05, 0.1) is 12.2 Å². The van der Waals surface area contributed by atoms with E-state index in [9.17, 15) is 14.4 Å². The van der Waals surface area contributed by atoms with Crippen molar-refractivity contribution in [2.24, 2.45) is 0 Å². The number of amides is 1. The van der Waals surface area contributed by atoms with Crippen LogP contribution >= 0.6 is 0 Å². The maximum atomic E-state index is 11.9. The van der Waals surface area contributed by atoms with Crippen LogP contribution < -0.4 is 5.32 Å². The third kappa shape index (κ3) is 4.94. The number of carbonyl (C=O) groups is 3. The molecular weight excluding hydrogens is 326 g/mol. The molecule has 2 rings (SSSR count). The van der Waals surface area contributed by atoms with Crippen LogP contribution in [0.25, 0.3) is 0 Å². The Morgan fingerprint density at radius 3 is 2.28 bits per heavy atom. The molecule has 0 unspecified atom stereocenters. The van der Waals surface area contributed by atoms with Gasteiger partial charge in [-0.1, -0.05) is 0 Å². The minimum atomic E-state index is -0.623. The van der Waals surface area contributed by atoms with Gasteiger partial charge in [-0.25, -0.2) is 9.59 Å². The van der Waals surface area contributed by atoms with Crippen LogP contribution in [0, 0.1) is 13.8 Å². The fourth-order valence-corrected chi connectivity index (χ4v) is 2.14. The predicted molar refractivity (Wildman–Crippen MR) is 89.5 cm³/mol. The number of aryl methyl sites for hydroxylation is 2. The van der Waals surface area contributed by atoms with E-state index in [0.717, 1.165) is 0 Å². The first-order valence-electron chi connectivity index (χ1n) is 7.72. The smallest absolute Gasteiger partial charge is 0.342 e. The van der Waals surface area contributed by atoms with Crippen LogP contribution in [0.5, 0.6) is 0 Å². The molecule has 1 N–H and O–H groups in total. The highest BCUT2D eigenvalue weighted by Gasteiger charge is 2.16. The summed E-state index contributed by atoms with van der Waals surface area (Å²) in [6.45, 7) is 4.95. The highest BCUT2D eigenvalue weighted by molar-refractivity contribution is 5.96. The standard InChI is InChI=1S/C18H19NO6/c1-4-23-17(21)13-5-7-14(8-6-13)19-16(20)10-24-18(22)15-9-11(2)25-12(15)3/h5-9H,4,10H2,1-3H3,(H,19,20). The second-order valence-corrected chi connectivity index (χ2v) is 5.25. The summed E-state index contributed by atoms with van der Waals surface area (Å²) in [5, 5.41) is 2.57. The van der Waals surface area contributed by atoms with Gasteiger partial charge in [0.1, 0.15) is 17.1 Å². The zero-order chi connectivity index (χ0) is 18.4. The lowest BCUT2D eigenvalue weighted by Crippen LogP contribution is -2.21. The quantitative estimate of drug-likeness (QED) is 0.809. The largest absolute Gasteiger partial charge is 0.466 e. The fourth-order valence-electron chi connectivity index (χ4n) is 2.14. The second-order valence-electron chi connectivity index (χ2n) is 5.25. The van der Waals surface area contributed by atoms with E-state index in [2.05, 4.69) is 5.32 Å². The number of ether oxygens (including phenoxy) is 2. The number of rotatable bonds is 6. The number of anilines is 1. The molecule has 1 amide bonds. The number of nitrogens with one attached hydrogen (secondary N) is 1. The Morgan fingerprint density at radius 1 is 1.04 bits per heavy atom. The number of benzene rings is 1. The van der Waals surface area contributed by atoms with Crippen LogP contribution in [0.2, 0.25) is 0 Å². The van der Waals surface area contributed by atoms with E-state index in [4.69, 9.17) is 13.9 Å². The summed E-state index contributed by atoms with van der Waals surface area (Å²) in [4.78, 5) is 35.3. The van der Waals surface area contributed by atoms with Gasteiger partial charge in [0.25, 0.3) is 5.91 Å². The van der Waals surface area contributed by atoms with Crippen LogP contribution in [0.15, 0.2) is 34.7 Å². The molecule has 0 aliphatic carbocycles. The molecule has 0 spiro atoms. The maximum Gasteiger partial charge on any atom is 0.342 e. The lowest BCUT2D eigenvalue weighted by atomic mass is 10.2. The van der Waals surface area contributed by atoms with Crippen molar-refractivity contribution in [2.75, 3.05) is 18.5 Å². The van der Waals surface area contributed by atoms with Gasteiger partial charge < -0.3 is 19.2 Å². The molecule has 0 aliphatic rings. The Balaban J connectivity index is 1.87. The number of carbonyl (C=O) groups excluding carboxylic acids is 3. The van der Waals surface area contributed by atoms with E-state index in [-0.39, 0.29) is 0 Å². The third-order valence-electron chi connectivity index (χ3n) is 3.28. The van der Waals surface area contributed by atoms with E-state index in [0.29, 0.717) is 34.9 Å². The van der Waals surface area contributed by atoms with E-state index in [1.54, 1.807) is 39.0 Å². The van der Waals surface area contributed by atoms with Gasteiger partial charge in [0, 0.05) is 5.69 Å². The molecule has 2 aromatic rings. The first-order valence-corrected chi connectivity index (χ1v) is 7.72. The molecule has 1 aromatic heterocycles. The molecule has 7 heteroatoms. The van der Waals surface area contributed by atoms with Crippen molar-refractivity contribution in [1.82, 2.24) is 0 Å². The van der Waals surface area contributed by atoms with Gasteiger partial charge in [-0.05, 0) is 51.1 Å². The van der Waals surface area contributed by atoms with Crippen molar-refractivity contribution < 1.29 is 28.3 Å². The average molecular weight is 345 g/mol. The topological polar surface area (TPSA) is 94.8 Å². The summed E-state index contributed by atoms with van der Waals surface area (Å²) in [5.41, 5.74) is 1.16. The van der Waals surface area contributed by atoms with Crippen molar-refractivity contribution in [3.05, 3.63) is 53.0 Å². The van der Waals surface area contributed by atoms with Crippen molar-refractivity contribution in [1.29, 1.82) is 0 Å². The molecule has 1 aromatic carbocycles. The SMILES string of the molecule is CCOC(=O)c1ccc(NC(=O)COC(=O)c2cc(C)oc2C)cc1. The summed E-state index contributed by atoms with van der Waals surface area (Å²) < 4.78 is 15.1. The molecule has 0 saturated heterocycles. The van der Waals surface area contributed by atoms with E-state index < -0.39 is 24.5 Å². The van der Waals surface area contributed by atoms with E-state index in [1.807, 2.05) is 0 Å². The van der Waals surface area contributed by atoms with Crippen molar-refractivity contribution in [3.8, 4) is 0 Å². The first kappa shape index (κ1) is 18.3. The van der Waals surface area contributed by atoms with Gasteiger partial charge in [0.2, 0.25) is 0 Å². The van der Waals surface area contributed by atoms with Gasteiger partial charge >= 0.3 is 11.9 Å².